The van der Waals surface area contributed by atoms with Gasteiger partial charge in [-0.3, -0.25) is 0 Å². The summed E-state index contributed by atoms with van der Waals surface area (Å²) in [4.78, 5) is 10.8. The largest absolute Gasteiger partial charge is 0.478 e. The minimum Gasteiger partial charge on any atom is -0.478 e. The van der Waals surface area contributed by atoms with Crippen LogP contribution in [0.5, 0.6) is 0 Å². The number of aromatic carboxylic acids is 1. The monoisotopic (exact) mass is 233 g/mol. The van der Waals surface area contributed by atoms with Crippen molar-refractivity contribution in [3.8, 4) is 0 Å². The molecule has 0 radical (unpaired) electrons. The van der Waals surface area contributed by atoms with Gasteiger partial charge in [-0.05, 0) is 42.9 Å². The highest BCUT2D eigenvalue weighted by molar-refractivity contribution is 5.88. The molecule has 1 saturated carbocycles. The lowest BCUT2D eigenvalue weighted by Gasteiger charge is -2.16. The summed E-state index contributed by atoms with van der Waals surface area (Å²) in [7, 11) is 0. The van der Waals surface area contributed by atoms with Crippen LogP contribution in [0, 0.1) is 5.41 Å². The third-order valence-corrected chi connectivity index (χ3v) is 3.51. The van der Waals surface area contributed by atoms with E-state index in [4.69, 9.17) is 5.11 Å². The summed E-state index contributed by atoms with van der Waals surface area (Å²) in [5.74, 6) is -0.872. The molecule has 0 heterocycles. The van der Waals surface area contributed by atoms with Crippen molar-refractivity contribution in [3.63, 3.8) is 0 Å². The first-order valence-corrected chi connectivity index (χ1v) is 6.22. The van der Waals surface area contributed by atoms with Gasteiger partial charge in [0.05, 0.1) is 5.56 Å². The van der Waals surface area contributed by atoms with Crippen LogP contribution in [0.2, 0.25) is 0 Å². The molecule has 0 amide bonds. The molecule has 17 heavy (non-hydrogen) atoms. The summed E-state index contributed by atoms with van der Waals surface area (Å²) in [6, 6.07) is 7.02. The van der Waals surface area contributed by atoms with Gasteiger partial charge in [0.2, 0.25) is 0 Å². The normalized spacial score (nSPS) is 16.5. The number of benzene rings is 1. The van der Waals surface area contributed by atoms with Gasteiger partial charge < -0.3 is 10.4 Å². The molecule has 0 bridgehead atoms. The predicted octanol–water partition coefficient (Wildman–Crippen LogP) is 3.38. The van der Waals surface area contributed by atoms with Crippen LogP contribution in [0.25, 0.3) is 0 Å². The minimum atomic E-state index is -0.872. The molecule has 1 aliphatic carbocycles. The van der Waals surface area contributed by atoms with Crippen molar-refractivity contribution in [2.75, 3.05) is 11.9 Å². The number of hydrogen-bond acceptors (Lipinski definition) is 2. The number of carboxylic acids is 1. The molecule has 0 aliphatic heterocycles. The molecule has 1 aromatic carbocycles. The van der Waals surface area contributed by atoms with Gasteiger partial charge in [0.15, 0.2) is 0 Å². The molecule has 2 N–H and O–H groups in total. The molecule has 0 aromatic heterocycles. The number of anilines is 1. The fourth-order valence-corrected chi connectivity index (χ4v) is 2.27. The number of nitrogens with one attached hydrogen (secondary N) is 1. The summed E-state index contributed by atoms with van der Waals surface area (Å²) in [5, 5.41) is 12.3. The predicted molar refractivity (Wildman–Crippen MR) is 68.5 cm³/mol. The zero-order chi connectivity index (χ0) is 12.3. The molecule has 1 aliphatic rings. The molecule has 0 spiro atoms. The Morgan fingerprint density at radius 2 is 2.24 bits per heavy atom. The Bertz CT molecular complexity index is 410. The standard InChI is InChI=1S/C14H19NO2/c1-2-6-14(7-8-14)10-15-12-5-3-4-11(9-12)13(16)17/h3-5,9,15H,2,6-8,10H2,1H3,(H,16,17). The molecule has 0 atom stereocenters. The first-order valence-electron chi connectivity index (χ1n) is 6.22. The van der Waals surface area contributed by atoms with Gasteiger partial charge in [-0.25, -0.2) is 4.79 Å². The maximum atomic E-state index is 10.8. The average Bonchev–Trinajstić information content (AvgIpc) is 3.08. The van der Waals surface area contributed by atoms with Gasteiger partial charge >= 0.3 is 5.97 Å². The van der Waals surface area contributed by atoms with E-state index >= 15 is 0 Å². The van der Waals surface area contributed by atoms with Gasteiger partial charge in [-0.2, -0.15) is 0 Å². The zero-order valence-electron chi connectivity index (χ0n) is 10.2. The van der Waals surface area contributed by atoms with Gasteiger partial charge in [-0.1, -0.05) is 19.4 Å². The molecule has 1 fully saturated rings. The summed E-state index contributed by atoms with van der Waals surface area (Å²) in [6.45, 7) is 3.18. The highest BCUT2D eigenvalue weighted by Gasteiger charge is 2.40. The highest BCUT2D eigenvalue weighted by atomic mass is 16.4. The van der Waals surface area contributed by atoms with Crippen molar-refractivity contribution in [1.82, 2.24) is 0 Å². The Morgan fingerprint density at radius 3 is 2.82 bits per heavy atom. The van der Waals surface area contributed by atoms with Crippen LogP contribution in [-0.2, 0) is 0 Å². The van der Waals surface area contributed by atoms with Crippen molar-refractivity contribution < 1.29 is 9.90 Å². The maximum Gasteiger partial charge on any atom is 0.335 e. The van der Waals surface area contributed by atoms with Crippen molar-refractivity contribution in [3.05, 3.63) is 29.8 Å². The molecule has 0 unspecified atom stereocenters. The Hall–Kier alpha value is -1.51. The van der Waals surface area contributed by atoms with Crippen LogP contribution in [0.3, 0.4) is 0 Å². The summed E-state index contributed by atoms with van der Waals surface area (Å²) < 4.78 is 0. The third-order valence-electron chi connectivity index (χ3n) is 3.51. The number of rotatable bonds is 6. The molecule has 1 aromatic rings. The number of hydrogen-bond donors (Lipinski definition) is 2. The molecular formula is C14H19NO2. The first-order chi connectivity index (χ1) is 8.15. The van der Waals surface area contributed by atoms with E-state index in [0.717, 1.165) is 12.2 Å². The van der Waals surface area contributed by atoms with Gasteiger partial charge in [0, 0.05) is 12.2 Å². The first kappa shape index (κ1) is 12.0. The van der Waals surface area contributed by atoms with E-state index in [1.807, 2.05) is 6.07 Å². The summed E-state index contributed by atoms with van der Waals surface area (Å²) in [6.07, 6.45) is 5.08. The van der Waals surface area contributed by atoms with E-state index in [2.05, 4.69) is 12.2 Å². The van der Waals surface area contributed by atoms with E-state index in [1.165, 1.54) is 25.7 Å². The third kappa shape index (κ3) is 2.99. The fraction of sp³-hybridized carbons (Fsp3) is 0.500. The summed E-state index contributed by atoms with van der Waals surface area (Å²) in [5.41, 5.74) is 1.73. The van der Waals surface area contributed by atoms with E-state index in [1.54, 1.807) is 18.2 Å². The molecule has 2 rings (SSSR count). The van der Waals surface area contributed by atoms with Crippen LogP contribution in [-0.4, -0.2) is 17.6 Å². The minimum absolute atomic E-state index is 0.343. The van der Waals surface area contributed by atoms with Gasteiger partial charge in [-0.15, -0.1) is 0 Å². The second-order valence-corrected chi connectivity index (χ2v) is 4.99. The van der Waals surface area contributed by atoms with Crippen LogP contribution in [0.15, 0.2) is 24.3 Å². The van der Waals surface area contributed by atoms with Crippen molar-refractivity contribution >= 4 is 11.7 Å². The van der Waals surface area contributed by atoms with Gasteiger partial charge in [0.25, 0.3) is 0 Å². The lowest BCUT2D eigenvalue weighted by Crippen LogP contribution is -2.15. The molecule has 3 nitrogen and oxygen atoms in total. The van der Waals surface area contributed by atoms with E-state index < -0.39 is 5.97 Å². The SMILES string of the molecule is CCCC1(CNc2cccc(C(=O)O)c2)CC1. The van der Waals surface area contributed by atoms with E-state index in [9.17, 15) is 4.79 Å². The van der Waals surface area contributed by atoms with Crippen molar-refractivity contribution in [2.45, 2.75) is 32.6 Å². The van der Waals surface area contributed by atoms with Crippen LogP contribution in [0.4, 0.5) is 5.69 Å². The topological polar surface area (TPSA) is 49.3 Å². The number of carbonyl (C=O) groups is 1. The maximum absolute atomic E-state index is 10.8. The van der Waals surface area contributed by atoms with Crippen molar-refractivity contribution in [2.24, 2.45) is 5.41 Å². The van der Waals surface area contributed by atoms with Crippen molar-refractivity contribution in [1.29, 1.82) is 0 Å². The van der Waals surface area contributed by atoms with E-state index in [-0.39, 0.29) is 0 Å². The zero-order valence-corrected chi connectivity index (χ0v) is 10.2. The Labute approximate surface area is 102 Å². The lowest BCUT2D eigenvalue weighted by molar-refractivity contribution is 0.0697. The van der Waals surface area contributed by atoms with Gasteiger partial charge in [0.1, 0.15) is 0 Å². The second kappa shape index (κ2) is 4.78. The molecule has 3 heteroatoms. The smallest absolute Gasteiger partial charge is 0.335 e. The van der Waals surface area contributed by atoms with Crippen LogP contribution >= 0.6 is 0 Å². The van der Waals surface area contributed by atoms with Crippen LogP contribution < -0.4 is 5.32 Å². The quantitative estimate of drug-likeness (QED) is 0.792. The highest BCUT2D eigenvalue weighted by Crippen LogP contribution is 2.49. The summed E-state index contributed by atoms with van der Waals surface area (Å²) >= 11 is 0. The lowest BCUT2D eigenvalue weighted by atomic mass is 10.0. The Balaban J connectivity index is 1.95. The second-order valence-electron chi connectivity index (χ2n) is 4.99. The molecule has 92 valence electrons. The Kier molecular flexibility index (Phi) is 3.36. The van der Waals surface area contributed by atoms with Crippen LogP contribution in [0.1, 0.15) is 43.0 Å². The average molecular weight is 233 g/mol. The Morgan fingerprint density at radius 1 is 1.47 bits per heavy atom. The number of carboxylic acid groups (broad SMARTS) is 1. The fourth-order valence-electron chi connectivity index (χ4n) is 2.27. The molecule has 0 saturated heterocycles. The molecular weight excluding hydrogens is 214 g/mol. The van der Waals surface area contributed by atoms with E-state index in [0.29, 0.717) is 11.0 Å².